The molecule has 0 aliphatic carbocycles. The fraction of sp³-hybridized carbons (Fsp3) is 0.130. The number of benzene rings is 3. The van der Waals surface area contributed by atoms with Crippen LogP contribution in [0.2, 0.25) is 0 Å². The minimum atomic E-state index is -0.784. The maximum atomic E-state index is 13.4. The molecule has 1 aliphatic heterocycles. The summed E-state index contributed by atoms with van der Waals surface area (Å²) in [5.41, 5.74) is 3.37. The third-order valence-corrected chi connectivity index (χ3v) is 5.66. The Morgan fingerprint density at radius 1 is 0.889 bits per heavy atom. The molecule has 3 aromatic carbocycles. The van der Waals surface area contributed by atoms with Crippen LogP contribution in [-0.4, -0.2) is 18.7 Å². The van der Waals surface area contributed by atoms with Crippen molar-refractivity contribution < 1.29 is 9.59 Å². The number of carbonyl (C=O) groups excluding carboxylic acids is 2. The Labute approximate surface area is 166 Å². The first-order chi connectivity index (χ1) is 13.1. The van der Waals surface area contributed by atoms with Gasteiger partial charge in [0.15, 0.2) is 5.78 Å². The first kappa shape index (κ1) is 17.7. The number of Topliss-reactive ketones (excluding diaryl/α,β-unsaturated/α-hetero) is 1. The van der Waals surface area contributed by atoms with E-state index in [2.05, 4.69) is 15.9 Å². The van der Waals surface area contributed by atoms with Crippen LogP contribution < -0.4 is 4.90 Å². The molecule has 0 saturated heterocycles. The number of para-hydroxylation sites is 1. The molecule has 0 bridgehead atoms. The van der Waals surface area contributed by atoms with Crippen molar-refractivity contribution in [2.45, 2.75) is 5.92 Å². The lowest BCUT2D eigenvalue weighted by atomic mass is 9.73. The van der Waals surface area contributed by atoms with Gasteiger partial charge in [-0.05, 0) is 29.3 Å². The Morgan fingerprint density at radius 2 is 1.52 bits per heavy atom. The number of ketones is 1. The average Bonchev–Trinajstić information content (AvgIpc) is 2.71. The Balaban J connectivity index is 1.90. The molecule has 2 atom stereocenters. The summed E-state index contributed by atoms with van der Waals surface area (Å²) in [6.07, 6.45) is 0. The molecule has 4 heteroatoms. The van der Waals surface area contributed by atoms with Crippen molar-refractivity contribution in [3.8, 4) is 0 Å². The van der Waals surface area contributed by atoms with Crippen molar-refractivity contribution in [1.29, 1.82) is 0 Å². The van der Waals surface area contributed by atoms with Crippen molar-refractivity contribution in [1.82, 2.24) is 0 Å². The number of carbonyl (C=O) groups is 2. The van der Waals surface area contributed by atoms with Crippen LogP contribution in [0.4, 0.5) is 5.69 Å². The minimum absolute atomic E-state index is 0.144. The average molecular weight is 420 g/mol. The Bertz CT molecular complexity index is 998. The molecule has 134 valence electrons. The second kappa shape index (κ2) is 7.12. The minimum Gasteiger partial charge on any atom is -0.315 e. The number of nitrogens with zero attached hydrogens (tertiary/aromatic N) is 1. The van der Waals surface area contributed by atoms with Gasteiger partial charge in [-0.25, -0.2) is 0 Å². The van der Waals surface area contributed by atoms with Crippen LogP contribution >= 0.6 is 15.9 Å². The predicted molar refractivity (Wildman–Crippen MR) is 110 cm³/mol. The van der Waals surface area contributed by atoms with Gasteiger partial charge in [-0.15, -0.1) is 0 Å². The fourth-order valence-electron chi connectivity index (χ4n) is 3.79. The van der Waals surface area contributed by atoms with E-state index in [-0.39, 0.29) is 17.6 Å². The summed E-state index contributed by atoms with van der Waals surface area (Å²) in [7, 11) is 1.74. The molecule has 0 aromatic heterocycles. The van der Waals surface area contributed by atoms with Gasteiger partial charge >= 0.3 is 0 Å². The van der Waals surface area contributed by atoms with Crippen molar-refractivity contribution in [3.05, 3.63) is 100 Å². The summed E-state index contributed by atoms with van der Waals surface area (Å²) in [6.45, 7) is 0. The summed E-state index contributed by atoms with van der Waals surface area (Å²) in [5.74, 6) is -1.41. The molecular weight excluding hydrogens is 402 g/mol. The highest BCUT2D eigenvalue weighted by atomic mass is 79.9. The highest BCUT2D eigenvalue weighted by Gasteiger charge is 2.44. The number of amides is 1. The quantitative estimate of drug-likeness (QED) is 0.439. The number of anilines is 1. The highest BCUT2D eigenvalue weighted by molar-refractivity contribution is 9.10. The smallest absolute Gasteiger partial charge is 0.238 e. The lowest BCUT2D eigenvalue weighted by Crippen LogP contribution is -2.45. The summed E-state index contributed by atoms with van der Waals surface area (Å²) in [5, 5.41) is 0. The van der Waals surface area contributed by atoms with Gasteiger partial charge in [-0.1, -0.05) is 76.6 Å². The van der Waals surface area contributed by atoms with Gasteiger partial charge in [0.1, 0.15) is 5.92 Å². The van der Waals surface area contributed by atoms with Gasteiger partial charge in [-0.3, -0.25) is 9.59 Å². The van der Waals surface area contributed by atoms with Crippen LogP contribution in [0, 0.1) is 5.92 Å². The lowest BCUT2D eigenvalue weighted by molar-refractivity contribution is -0.121. The van der Waals surface area contributed by atoms with E-state index in [1.165, 1.54) is 0 Å². The maximum Gasteiger partial charge on any atom is 0.238 e. The molecule has 4 rings (SSSR count). The van der Waals surface area contributed by atoms with E-state index < -0.39 is 5.92 Å². The number of hydrogen-bond donors (Lipinski definition) is 0. The molecule has 3 nitrogen and oxygen atoms in total. The maximum absolute atomic E-state index is 13.4. The zero-order valence-corrected chi connectivity index (χ0v) is 16.4. The molecule has 0 saturated carbocycles. The molecule has 0 N–H and O–H groups in total. The number of hydrogen-bond acceptors (Lipinski definition) is 2. The van der Waals surface area contributed by atoms with Crippen LogP contribution in [-0.2, 0) is 4.79 Å². The first-order valence-corrected chi connectivity index (χ1v) is 9.58. The fourth-order valence-corrected chi connectivity index (χ4v) is 4.06. The van der Waals surface area contributed by atoms with Gasteiger partial charge in [0.05, 0.1) is 0 Å². The largest absolute Gasteiger partial charge is 0.315 e. The summed E-state index contributed by atoms with van der Waals surface area (Å²) in [6, 6.07) is 24.7. The third-order valence-electron chi connectivity index (χ3n) is 5.13. The monoisotopic (exact) mass is 419 g/mol. The predicted octanol–water partition coefficient (Wildman–Crippen LogP) is 5.06. The van der Waals surface area contributed by atoms with Crippen LogP contribution in [0.5, 0.6) is 0 Å². The van der Waals surface area contributed by atoms with Crippen molar-refractivity contribution >= 4 is 33.3 Å². The molecule has 0 fully saturated rings. The van der Waals surface area contributed by atoms with Crippen LogP contribution in [0.25, 0.3) is 0 Å². The SMILES string of the molecule is CN1C(=O)C(C(=O)c2ccccc2)C(c2ccc(Br)cc2)c2ccccc21. The van der Waals surface area contributed by atoms with E-state index in [9.17, 15) is 9.59 Å². The molecule has 2 unspecified atom stereocenters. The van der Waals surface area contributed by atoms with Gasteiger partial charge in [0.2, 0.25) is 5.91 Å². The van der Waals surface area contributed by atoms with E-state index in [1.54, 1.807) is 24.1 Å². The van der Waals surface area contributed by atoms with E-state index in [1.807, 2.05) is 66.7 Å². The zero-order chi connectivity index (χ0) is 19.0. The molecule has 3 aromatic rings. The van der Waals surface area contributed by atoms with E-state index >= 15 is 0 Å². The van der Waals surface area contributed by atoms with Crippen LogP contribution in [0.3, 0.4) is 0 Å². The van der Waals surface area contributed by atoms with Gasteiger partial charge in [-0.2, -0.15) is 0 Å². The van der Waals surface area contributed by atoms with Crippen LogP contribution in [0.1, 0.15) is 27.4 Å². The van der Waals surface area contributed by atoms with Gasteiger partial charge in [0, 0.05) is 28.7 Å². The van der Waals surface area contributed by atoms with Gasteiger partial charge in [0.25, 0.3) is 0 Å². The standard InChI is InChI=1S/C23H18BrNO2/c1-25-19-10-6-5-9-18(19)20(15-11-13-17(24)14-12-15)21(23(25)27)22(26)16-7-3-2-4-8-16/h2-14,20-21H,1H3. The second-order valence-electron chi connectivity index (χ2n) is 6.69. The van der Waals surface area contributed by atoms with E-state index in [4.69, 9.17) is 0 Å². The molecule has 27 heavy (non-hydrogen) atoms. The van der Waals surface area contributed by atoms with Crippen molar-refractivity contribution in [2.75, 3.05) is 11.9 Å². The van der Waals surface area contributed by atoms with E-state index in [0.29, 0.717) is 5.56 Å². The summed E-state index contributed by atoms with van der Waals surface area (Å²) >= 11 is 3.46. The van der Waals surface area contributed by atoms with Crippen molar-refractivity contribution in [2.24, 2.45) is 5.92 Å². The normalized spacial score (nSPS) is 18.9. The Kier molecular flexibility index (Phi) is 4.66. The third kappa shape index (κ3) is 3.10. The van der Waals surface area contributed by atoms with Gasteiger partial charge < -0.3 is 4.90 Å². The molecule has 1 heterocycles. The molecule has 0 spiro atoms. The number of fused-ring (bicyclic) bond motifs is 1. The number of halogens is 1. The summed E-state index contributed by atoms with van der Waals surface area (Å²) in [4.78, 5) is 28.2. The number of rotatable bonds is 3. The molecule has 1 amide bonds. The first-order valence-electron chi connectivity index (χ1n) is 8.79. The highest BCUT2D eigenvalue weighted by Crippen LogP contribution is 2.44. The van der Waals surface area contributed by atoms with E-state index in [0.717, 1.165) is 21.3 Å². The lowest BCUT2D eigenvalue weighted by Gasteiger charge is -2.37. The molecule has 1 aliphatic rings. The Hall–Kier alpha value is -2.72. The topological polar surface area (TPSA) is 37.4 Å². The second-order valence-corrected chi connectivity index (χ2v) is 7.61. The zero-order valence-electron chi connectivity index (χ0n) is 14.8. The molecular formula is C23H18BrNO2. The van der Waals surface area contributed by atoms with Crippen molar-refractivity contribution in [3.63, 3.8) is 0 Å². The van der Waals surface area contributed by atoms with Crippen LogP contribution in [0.15, 0.2) is 83.3 Å². The summed E-state index contributed by atoms with van der Waals surface area (Å²) < 4.78 is 0.963. The molecule has 0 radical (unpaired) electrons. The Morgan fingerprint density at radius 3 is 2.22 bits per heavy atom.